The molecule has 0 bridgehead atoms. The number of azide groups is 1. The Balaban J connectivity index is 2.30. The van der Waals surface area contributed by atoms with E-state index in [-0.39, 0.29) is 5.70 Å². The van der Waals surface area contributed by atoms with Gasteiger partial charge < -0.3 is 5.11 Å². The predicted octanol–water partition coefficient (Wildman–Crippen LogP) is 0.414. The van der Waals surface area contributed by atoms with E-state index in [1.807, 2.05) is 0 Å². The van der Waals surface area contributed by atoms with Crippen LogP contribution in [0.15, 0.2) is 29.0 Å². The van der Waals surface area contributed by atoms with Crippen molar-refractivity contribution in [3.05, 3.63) is 34.4 Å². The van der Waals surface area contributed by atoms with Crippen molar-refractivity contribution in [2.24, 2.45) is 5.11 Å². The molecule has 0 spiro atoms. The van der Waals surface area contributed by atoms with Crippen molar-refractivity contribution in [2.75, 3.05) is 0 Å². The number of allylic oxidation sites excluding steroid dienone is 2. The van der Waals surface area contributed by atoms with Crippen LogP contribution in [0.4, 0.5) is 0 Å². The number of carbonyl (C=O) groups excluding carboxylic acids is 1. The second-order valence-corrected chi connectivity index (χ2v) is 3.09. The molecule has 1 N–H and O–H groups in total. The second kappa shape index (κ2) is 3.14. The van der Waals surface area contributed by atoms with Gasteiger partial charge in [0.25, 0.3) is 0 Å². The summed E-state index contributed by atoms with van der Waals surface area (Å²) in [5.74, 6) is -1.65. The molecule has 2 aliphatic heterocycles. The number of rotatable bonds is 2. The minimum atomic E-state index is -1.17. The molecule has 76 valence electrons. The summed E-state index contributed by atoms with van der Waals surface area (Å²) >= 11 is 0. The van der Waals surface area contributed by atoms with Gasteiger partial charge in [0.2, 0.25) is 5.91 Å². The summed E-state index contributed by atoms with van der Waals surface area (Å²) in [6, 6.07) is -1.27. The van der Waals surface area contributed by atoms with Gasteiger partial charge in [-0.25, -0.2) is 4.79 Å². The van der Waals surface area contributed by atoms with E-state index in [0.29, 0.717) is 0 Å². The third-order valence-corrected chi connectivity index (χ3v) is 2.33. The highest BCUT2D eigenvalue weighted by Gasteiger charge is 2.49. The van der Waals surface area contributed by atoms with E-state index in [0.717, 1.165) is 4.90 Å². The van der Waals surface area contributed by atoms with Crippen LogP contribution in [0.1, 0.15) is 0 Å². The van der Waals surface area contributed by atoms with Crippen molar-refractivity contribution in [3.8, 4) is 0 Å². The molecule has 0 unspecified atom stereocenters. The van der Waals surface area contributed by atoms with Crippen LogP contribution >= 0.6 is 0 Å². The first kappa shape index (κ1) is 9.29. The highest BCUT2D eigenvalue weighted by molar-refractivity contribution is 6.00. The van der Waals surface area contributed by atoms with Crippen LogP contribution in [-0.2, 0) is 9.59 Å². The Kier molecular flexibility index (Phi) is 1.95. The highest BCUT2D eigenvalue weighted by Crippen LogP contribution is 2.31. The lowest BCUT2D eigenvalue weighted by Crippen LogP contribution is -2.63. The van der Waals surface area contributed by atoms with E-state index in [1.54, 1.807) is 6.08 Å². The fourth-order valence-corrected chi connectivity index (χ4v) is 1.65. The summed E-state index contributed by atoms with van der Waals surface area (Å²) in [5.41, 5.74) is 8.13. The van der Waals surface area contributed by atoms with Crippen molar-refractivity contribution in [2.45, 2.75) is 12.1 Å². The summed E-state index contributed by atoms with van der Waals surface area (Å²) in [4.78, 5) is 25.8. The van der Waals surface area contributed by atoms with Gasteiger partial charge in [0.05, 0.1) is 6.04 Å². The molecule has 2 rings (SSSR count). The molecule has 1 fully saturated rings. The smallest absolute Gasteiger partial charge is 0.352 e. The van der Waals surface area contributed by atoms with E-state index in [9.17, 15) is 9.59 Å². The molecular formula is C8H6N4O3. The lowest BCUT2D eigenvalue weighted by atomic mass is 9.92. The average molecular weight is 206 g/mol. The summed E-state index contributed by atoms with van der Waals surface area (Å²) in [6.45, 7) is 0. The first-order chi connectivity index (χ1) is 7.16. The Bertz CT molecular complexity index is 447. The maximum absolute atomic E-state index is 11.4. The third-order valence-electron chi connectivity index (χ3n) is 2.33. The summed E-state index contributed by atoms with van der Waals surface area (Å²) in [7, 11) is 0. The predicted molar refractivity (Wildman–Crippen MR) is 48.4 cm³/mol. The maximum Gasteiger partial charge on any atom is 0.352 e. The lowest BCUT2D eigenvalue weighted by Gasteiger charge is -2.44. The van der Waals surface area contributed by atoms with Gasteiger partial charge in [-0.05, 0) is 11.6 Å². The minimum absolute atomic E-state index is 0.0862. The van der Waals surface area contributed by atoms with Gasteiger partial charge in [0.15, 0.2) is 0 Å². The molecule has 0 aliphatic carbocycles. The average Bonchev–Trinajstić information content (AvgIpc) is 2.24. The minimum Gasteiger partial charge on any atom is -0.477 e. The normalized spacial score (nSPS) is 27.3. The number of fused-ring (bicyclic) bond motifs is 1. The lowest BCUT2D eigenvalue weighted by molar-refractivity contribution is -0.149. The molecule has 7 heteroatoms. The van der Waals surface area contributed by atoms with Crippen LogP contribution in [0.5, 0.6) is 0 Å². The fraction of sp³-hybridized carbons (Fsp3) is 0.250. The Morgan fingerprint density at radius 2 is 2.40 bits per heavy atom. The number of carboxylic acid groups (broad SMARTS) is 1. The van der Waals surface area contributed by atoms with Gasteiger partial charge in [-0.1, -0.05) is 17.3 Å². The molecular weight excluding hydrogens is 200 g/mol. The molecule has 1 amide bonds. The number of carbonyl (C=O) groups is 2. The molecule has 0 aromatic carbocycles. The number of amides is 1. The van der Waals surface area contributed by atoms with Crippen LogP contribution in [-0.4, -0.2) is 34.0 Å². The Labute approximate surface area is 83.9 Å². The van der Waals surface area contributed by atoms with Crippen LogP contribution < -0.4 is 0 Å². The van der Waals surface area contributed by atoms with Gasteiger partial charge in [0.1, 0.15) is 11.7 Å². The van der Waals surface area contributed by atoms with Crippen LogP contribution in [0.2, 0.25) is 0 Å². The van der Waals surface area contributed by atoms with Gasteiger partial charge in [-0.3, -0.25) is 9.69 Å². The van der Waals surface area contributed by atoms with Crippen molar-refractivity contribution < 1.29 is 14.7 Å². The molecule has 15 heavy (non-hydrogen) atoms. The van der Waals surface area contributed by atoms with E-state index >= 15 is 0 Å². The number of nitrogens with zero attached hydrogens (tertiary/aromatic N) is 4. The molecule has 0 radical (unpaired) electrons. The third kappa shape index (κ3) is 1.18. The topological polar surface area (TPSA) is 106 Å². The van der Waals surface area contributed by atoms with Gasteiger partial charge >= 0.3 is 5.97 Å². The molecule has 2 aliphatic rings. The zero-order chi connectivity index (χ0) is 11.0. The first-order valence-electron chi connectivity index (χ1n) is 4.16. The first-order valence-corrected chi connectivity index (χ1v) is 4.16. The van der Waals surface area contributed by atoms with Crippen LogP contribution in [0, 0.1) is 0 Å². The van der Waals surface area contributed by atoms with Crippen LogP contribution in [0.3, 0.4) is 0 Å². The Hall–Kier alpha value is -2.27. The number of aliphatic carboxylic acids is 1. The number of β-lactam (4-membered cyclic amide) rings is 1. The van der Waals surface area contributed by atoms with E-state index in [1.165, 1.54) is 12.2 Å². The van der Waals surface area contributed by atoms with Gasteiger partial charge in [0, 0.05) is 4.91 Å². The molecule has 2 atom stereocenters. The van der Waals surface area contributed by atoms with E-state index in [2.05, 4.69) is 10.0 Å². The molecule has 0 saturated carbocycles. The highest BCUT2D eigenvalue weighted by atomic mass is 16.4. The molecule has 2 heterocycles. The zero-order valence-electron chi connectivity index (χ0n) is 7.44. The summed E-state index contributed by atoms with van der Waals surface area (Å²) in [5, 5.41) is 12.1. The summed E-state index contributed by atoms with van der Waals surface area (Å²) < 4.78 is 0. The van der Waals surface area contributed by atoms with Crippen molar-refractivity contribution in [3.63, 3.8) is 0 Å². The Morgan fingerprint density at radius 1 is 1.67 bits per heavy atom. The van der Waals surface area contributed by atoms with Gasteiger partial charge in [-0.2, -0.15) is 0 Å². The van der Waals surface area contributed by atoms with E-state index < -0.39 is 24.0 Å². The largest absolute Gasteiger partial charge is 0.477 e. The van der Waals surface area contributed by atoms with Crippen molar-refractivity contribution in [1.29, 1.82) is 0 Å². The van der Waals surface area contributed by atoms with Crippen molar-refractivity contribution in [1.82, 2.24) is 4.90 Å². The number of carboxylic acids is 1. The number of hydrogen-bond acceptors (Lipinski definition) is 3. The van der Waals surface area contributed by atoms with E-state index in [4.69, 9.17) is 10.6 Å². The molecule has 0 aromatic rings. The zero-order valence-corrected chi connectivity index (χ0v) is 7.44. The SMILES string of the molecule is [N-]=[N+]=N[C@@H]1C(=O)N2C(C(=O)O)=CC=C[C@@H]12. The fourth-order valence-electron chi connectivity index (χ4n) is 1.65. The maximum atomic E-state index is 11.4. The quantitative estimate of drug-likeness (QED) is 0.306. The second-order valence-electron chi connectivity index (χ2n) is 3.09. The van der Waals surface area contributed by atoms with Gasteiger partial charge in [-0.15, -0.1) is 0 Å². The summed E-state index contributed by atoms with van der Waals surface area (Å²) in [6.07, 6.45) is 4.51. The molecule has 7 nitrogen and oxygen atoms in total. The monoisotopic (exact) mass is 206 g/mol. The van der Waals surface area contributed by atoms with Crippen molar-refractivity contribution >= 4 is 11.9 Å². The molecule has 0 aromatic heterocycles. The Morgan fingerprint density at radius 3 is 3.00 bits per heavy atom. The van der Waals surface area contributed by atoms with Crippen LogP contribution in [0.25, 0.3) is 10.4 Å². The number of hydrogen-bond donors (Lipinski definition) is 1. The standard InChI is InChI=1S/C8H6N4O3/c9-11-10-6-4-2-1-3-5(8(14)15)12(4)7(6)13/h1-4,6H,(H,14,15)/t4-,6-/m0/s1. The molecule has 1 saturated heterocycles.